The Bertz CT molecular complexity index is 727. The monoisotopic (exact) mass is 360 g/mol. The Morgan fingerprint density at radius 3 is 2.96 bits per heavy atom. The van der Waals surface area contributed by atoms with E-state index in [0.717, 1.165) is 40.9 Å². The summed E-state index contributed by atoms with van der Waals surface area (Å²) >= 11 is 1.64. The average molecular weight is 360 g/mol. The Kier molecular flexibility index (Phi) is 5.53. The second-order valence-corrected chi connectivity index (χ2v) is 7.48. The fraction of sp³-hybridized carbons (Fsp3) is 0.500. The van der Waals surface area contributed by atoms with Crippen molar-refractivity contribution in [3.05, 3.63) is 29.3 Å². The van der Waals surface area contributed by atoms with E-state index in [-0.39, 0.29) is 11.9 Å². The summed E-state index contributed by atoms with van der Waals surface area (Å²) in [4.78, 5) is 30.9. The minimum Gasteiger partial charge on any atom is -0.352 e. The first-order chi connectivity index (χ1) is 12.1. The number of rotatable bonds is 6. The molecule has 134 valence electrons. The van der Waals surface area contributed by atoms with Crippen LogP contribution in [0.15, 0.2) is 24.3 Å². The van der Waals surface area contributed by atoms with Crippen molar-refractivity contribution in [2.45, 2.75) is 51.1 Å². The molecule has 1 aliphatic heterocycles. The summed E-state index contributed by atoms with van der Waals surface area (Å²) in [6.07, 6.45) is 4.30. The number of para-hydroxylation sites is 1. The number of likely N-dealkylation sites (tertiary alicyclic amines) is 1. The number of urea groups is 1. The van der Waals surface area contributed by atoms with Crippen LogP contribution >= 0.6 is 11.3 Å². The smallest absolute Gasteiger partial charge is 0.312 e. The van der Waals surface area contributed by atoms with Gasteiger partial charge < -0.3 is 16.0 Å². The van der Waals surface area contributed by atoms with E-state index < -0.39 is 12.1 Å². The van der Waals surface area contributed by atoms with Crippen LogP contribution in [0.5, 0.6) is 0 Å². The van der Waals surface area contributed by atoms with Crippen molar-refractivity contribution in [3.63, 3.8) is 0 Å². The van der Waals surface area contributed by atoms with E-state index in [4.69, 9.17) is 10.7 Å². The van der Waals surface area contributed by atoms with Crippen LogP contribution in [0.1, 0.15) is 50.1 Å². The van der Waals surface area contributed by atoms with Gasteiger partial charge in [0.2, 0.25) is 5.91 Å². The van der Waals surface area contributed by atoms with Gasteiger partial charge in [0.05, 0.1) is 16.3 Å². The first-order valence-electron chi connectivity index (χ1n) is 8.82. The Labute approximate surface area is 151 Å². The van der Waals surface area contributed by atoms with E-state index in [1.54, 1.807) is 11.3 Å². The van der Waals surface area contributed by atoms with Crippen molar-refractivity contribution in [1.82, 2.24) is 15.2 Å². The van der Waals surface area contributed by atoms with Crippen molar-refractivity contribution in [2.75, 3.05) is 6.54 Å². The van der Waals surface area contributed by atoms with Crippen molar-refractivity contribution in [2.24, 2.45) is 5.73 Å². The number of carbonyl (C=O) groups is 2. The Hall–Kier alpha value is -2.15. The summed E-state index contributed by atoms with van der Waals surface area (Å²) in [5.74, 6) is -0.0472. The predicted octanol–water partition coefficient (Wildman–Crippen LogP) is 3.19. The molecule has 2 heterocycles. The molecule has 7 heteroatoms. The largest absolute Gasteiger partial charge is 0.352 e. The van der Waals surface area contributed by atoms with Gasteiger partial charge in [-0.3, -0.25) is 4.79 Å². The van der Waals surface area contributed by atoms with Crippen LogP contribution in [0, 0.1) is 0 Å². The molecule has 2 atom stereocenters. The zero-order chi connectivity index (χ0) is 17.8. The maximum atomic E-state index is 13.0. The number of primary amides is 1. The molecule has 0 saturated carbocycles. The highest BCUT2D eigenvalue weighted by atomic mass is 32.1. The van der Waals surface area contributed by atoms with Crippen LogP contribution in [0.2, 0.25) is 0 Å². The molecule has 1 aromatic heterocycles. The molecule has 2 unspecified atom stereocenters. The van der Waals surface area contributed by atoms with Gasteiger partial charge in [-0.15, -0.1) is 11.3 Å². The molecule has 6 nitrogen and oxygen atoms in total. The quantitative estimate of drug-likeness (QED) is 0.829. The van der Waals surface area contributed by atoms with Gasteiger partial charge in [-0.2, -0.15) is 0 Å². The zero-order valence-corrected chi connectivity index (χ0v) is 15.2. The molecule has 1 aromatic carbocycles. The standard InChI is InChI=1S/C18H24N4O2S/c1-2-3-7-13(21-18(19)24)17(23)22-11-6-9-14(22)16-20-12-8-4-5-10-15(12)25-16/h4-5,8,10,13-14H,2-3,6-7,9,11H2,1H3,(H3,19,21,24). The molecule has 1 saturated heterocycles. The predicted molar refractivity (Wildman–Crippen MR) is 99.3 cm³/mol. The van der Waals surface area contributed by atoms with Gasteiger partial charge in [-0.1, -0.05) is 31.9 Å². The number of carbonyl (C=O) groups excluding carboxylic acids is 2. The molecule has 1 fully saturated rings. The molecule has 0 bridgehead atoms. The van der Waals surface area contributed by atoms with E-state index in [9.17, 15) is 9.59 Å². The van der Waals surface area contributed by atoms with Gasteiger partial charge in [-0.05, 0) is 31.4 Å². The van der Waals surface area contributed by atoms with E-state index in [1.165, 1.54) is 0 Å². The number of nitrogens with one attached hydrogen (secondary N) is 1. The van der Waals surface area contributed by atoms with Gasteiger partial charge in [-0.25, -0.2) is 9.78 Å². The SMILES string of the molecule is CCCCC(NC(N)=O)C(=O)N1CCCC1c1nc2ccccc2s1. The lowest BCUT2D eigenvalue weighted by Crippen LogP contribution is -2.49. The second kappa shape index (κ2) is 7.82. The molecule has 25 heavy (non-hydrogen) atoms. The third-order valence-electron chi connectivity index (χ3n) is 4.59. The first-order valence-corrected chi connectivity index (χ1v) is 9.63. The third-order valence-corrected chi connectivity index (χ3v) is 5.73. The first kappa shape index (κ1) is 17.7. The molecule has 0 radical (unpaired) electrons. The lowest BCUT2D eigenvalue weighted by molar-refractivity contribution is -0.134. The second-order valence-electron chi connectivity index (χ2n) is 6.41. The summed E-state index contributed by atoms with van der Waals surface area (Å²) in [6, 6.07) is 6.81. The minimum atomic E-state index is -0.648. The van der Waals surface area contributed by atoms with E-state index in [0.29, 0.717) is 13.0 Å². The van der Waals surface area contributed by atoms with Gasteiger partial charge in [0.25, 0.3) is 0 Å². The highest BCUT2D eigenvalue weighted by Gasteiger charge is 2.35. The number of unbranched alkanes of at least 4 members (excludes halogenated alkanes) is 1. The van der Waals surface area contributed by atoms with Crippen LogP contribution in [0.4, 0.5) is 4.79 Å². The summed E-state index contributed by atoms with van der Waals surface area (Å²) in [6.45, 7) is 2.76. The van der Waals surface area contributed by atoms with Gasteiger partial charge in [0.15, 0.2) is 0 Å². The summed E-state index contributed by atoms with van der Waals surface area (Å²) in [5.41, 5.74) is 6.24. The highest BCUT2D eigenvalue weighted by Crippen LogP contribution is 2.36. The van der Waals surface area contributed by atoms with Gasteiger partial charge in [0.1, 0.15) is 11.0 Å². The van der Waals surface area contributed by atoms with E-state index >= 15 is 0 Å². The minimum absolute atomic E-state index is 0.0105. The van der Waals surface area contributed by atoms with Crippen molar-refractivity contribution in [1.29, 1.82) is 0 Å². The number of hydrogen-bond donors (Lipinski definition) is 2. The zero-order valence-electron chi connectivity index (χ0n) is 14.4. The van der Waals surface area contributed by atoms with Crippen LogP contribution < -0.4 is 11.1 Å². The number of amides is 3. The molecular weight excluding hydrogens is 336 g/mol. The number of hydrogen-bond acceptors (Lipinski definition) is 4. The number of benzene rings is 1. The summed E-state index contributed by atoms with van der Waals surface area (Å²) < 4.78 is 1.13. The Morgan fingerprint density at radius 1 is 1.44 bits per heavy atom. The lowest BCUT2D eigenvalue weighted by atomic mass is 10.1. The topological polar surface area (TPSA) is 88.3 Å². The molecular formula is C18H24N4O2S. The van der Waals surface area contributed by atoms with Crippen LogP contribution in [0.25, 0.3) is 10.2 Å². The van der Waals surface area contributed by atoms with E-state index in [2.05, 4.69) is 18.3 Å². The molecule has 3 N–H and O–H groups in total. The maximum absolute atomic E-state index is 13.0. The number of nitrogens with two attached hydrogens (primary N) is 1. The van der Waals surface area contributed by atoms with Gasteiger partial charge in [0, 0.05) is 6.54 Å². The molecule has 1 aliphatic rings. The fourth-order valence-electron chi connectivity index (χ4n) is 3.36. The van der Waals surface area contributed by atoms with Crippen LogP contribution in [-0.2, 0) is 4.79 Å². The fourth-order valence-corrected chi connectivity index (χ4v) is 4.47. The molecule has 0 spiro atoms. The maximum Gasteiger partial charge on any atom is 0.312 e. The van der Waals surface area contributed by atoms with Crippen LogP contribution in [0.3, 0.4) is 0 Å². The third kappa shape index (κ3) is 3.92. The van der Waals surface area contributed by atoms with Crippen molar-refractivity contribution in [3.8, 4) is 0 Å². The average Bonchev–Trinajstić information content (AvgIpc) is 3.23. The molecule has 3 rings (SSSR count). The van der Waals surface area contributed by atoms with Crippen molar-refractivity contribution >= 4 is 33.5 Å². The Balaban J connectivity index is 1.81. The van der Waals surface area contributed by atoms with Gasteiger partial charge >= 0.3 is 6.03 Å². The van der Waals surface area contributed by atoms with Crippen LogP contribution in [-0.4, -0.2) is 34.4 Å². The Morgan fingerprint density at radius 2 is 2.24 bits per heavy atom. The molecule has 3 amide bonds. The number of thiazole rings is 1. The lowest BCUT2D eigenvalue weighted by Gasteiger charge is -2.28. The summed E-state index contributed by atoms with van der Waals surface area (Å²) in [7, 11) is 0. The molecule has 2 aromatic rings. The highest BCUT2D eigenvalue weighted by molar-refractivity contribution is 7.18. The van der Waals surface area contributed by atoms with Crippen molar-refractivity contribution < 1.29 is 9.59 Å². The number of aromatic nitrogens is 1. The summed E-state index contributed by atoms with van der Waals surface area (Å²) in [5, 5.41) is 3.59. The van der Waals surface area contributed by atoms with E-state index in [1.807, 2.05) is 23.1 Å². The molecule has 0 aliphatic carbocycles. The number of fused-ring (bicyclic) bond motifs is 1. The normalized spacial score (nSPS) is 18.4. The number of nitrogens with zero attached hydrogens (tertiary/aromatic N) is 2.